The van der Waals surface area contributed by atoms with Crippen LogP contribution in [0, 0.1) is 0 Å². The Labute approximate surface area is 98.0 Å². The van der Waals surface area contributed by atoms with E-state index in [2.05, 4.69) is 29.4 Å². The summed E-state index contributed by atoms with van der Waals surface area (Å²) in [6, 6.07) is 3.89. The van der Waals surface area contributed by atoms with Crippen molar-refractivity contribution < 1.29 is 0 Å². The van der Waals surface area contributed by atoms with Gasteiger partial charge in [-0.05, 0) is 0 Å². The molecule has 0 aliphatic carbocycles. The fourth-order valence-electron chi connectivity index (χ4n) is 1.68. The van der Waals surface area contributed by atoms with Crippen LogP contribution in [0.5, 0.6) is 0 Å². The second-order valence-electron chi connectivity index (χ2n) is 3.12. The van der Waals surface area contributed by atoms with Crippen molar-refractivity contribution in [3.8, 4) is 0 Å². The molecule has 0 heterocycles. The summed E-state index contributed by atoms with van der Waals surface area (Å²) in [6.07, 6.45) is 1.91. The van der Waals surface area contributed by atoms with Crippen LogP contribution < -0.4 is 5.73 Å². The third-order valence-corrected chi connectivity index (χ3v) is 3.16. The molecule has 0 amide bonds. The van der Waals surface area contributed by atoms with Gasteiger partial charge in [0.05, 0.1) is 0 Å². The van der Waals surface area contributed by atoms with Gasteiger partial charge in [-0.3, -0.25) is 0 Å². The maximum atomic E-state index is 6.12. The van der Waals surface area contributed by atoms with Gasteiger partial charge in [0.2, 0.25) is 0 Å². The summed E-state index contributed by atoms with van der Waals surface area (Å²) >= 11 is 8.98. The molecule has 3 heteroatoms. The zero-order valence-electron chi connectivity index (χ0n) is 8.43. The fraction of sp³-hybridized carbons (Fsp3) is 0.364. The van der Waals surface area contributed by atoms with Crippen LogP contribution in [0.15, 0.2) is 12.1 Å². The van der Waals surface area contributed by atoms with Gasteiger partial charge in [-0.1, -0.05) is 0 Å². The molecule has 1 aromatic carbocycles. The van der Waals surface area contributed by atoms with Gasteiger partial charge < -0.3 is 0 Å². The predicted molar refractivity (Wildman–Crippen MR) is 64.3 cm³/mol. The van der Waals surface area contributed by atoms with Crippen molar-refractivity contribution in [2.24, 2.45) is 5.73 Å². The van der Waals surface area contributed by atoms with Crippen molar-refractivity contribution in [2.75, 3.05) is 0 Å². The standard InChI is InChI=1S/C11H14ClNSe/c1-3-7-8(4-2)10(12)6-5-9(7)11(13)14/h5-6H,3-4H2,1-2H3,(H2,13,14). The van der Waals surface area contributed by atoms with E-state index in [1.807, 2.05) is 12.1 Å². The number of hydrogen-bond acceptors (Lipinski definition) is 1. The van der Waals surface area contributed by atoms with E-state index in [0.717, 1.165) is 28.0 Å². The summed E-state index contributed by atoms with van der Waals surface area (Å²) < 4.78 is 0.744. The van der Waals surface area contributed by atoms with Crippen LogP contribution in [0.25, 0.3) is 0 Å². The molecule has 14 heavy (non-hydrogen) atoms. The molecule has 0 saturated carbocycles. The summed E-state index contributed by atoms with van der Waals surface area (Å²) in [4.78, 5) is 0. The molecular weight excluding hydrogens is 261 g/mol. The zero-order chi connectivity index (χ0) is 10.7. The summed E-state index contributed by atoms with van der Waals surface area (Å²) in [5.74, 6) is 0. The van der Waals surface area contributed by atoms with E-state index in [0.29, 0.717) is 0 Å². The first-order valence-electron chi connectivity index (χ1n) is 4.71. The van der Waals surface area contributed by atoms with Crippen LogP contribution in [0.4, 0.5) is 0 Å². The Hall–Kier alpha value is -0.301. The van der Waals surface area contributed by atoms with Crippen molar-refractivity contribution in [3.63, 3.8) is 0 Å². The molecule has 0 bridgehead atoms. The average molecular weight is 275 g/mol. The van der Waals surface area contributed by atoms with Gasteiger partial charge in [0.25, 0.3) is 0 Å². The molecule has 2 N–H and O–H groups in total. The third-order valence-electron chi connectivity index (χ3n) is 2.35. The molecule has 1 nitrogen and oxygen atoms in total. The van der Waals surface area contributed by atoms with E-state index < -0.39 is 0 Å². The van der Waals surface area contributed by atoms with Gasteiger partial charge in [-0.2, -0.15) is 0 Å². The number of nitrogens with two attached hydrogens (primary N) is 1. The SMILES string of the molecule is CCc1c(Cl)ccc(C(N)=[Se])c1CC. The van der Waals surface area contributed by atoms with E-state index in [-0.39, 0.29) is 0 Å². The molecule has 0 atom stereocenters. The maximum absolute atomic E-state index is 6.12. The minimum atomic E-state index is 0.744. The second-order valence-corrected chi connectivity index (χ2v) is 4.45. The van der Waals surface area contributed by atoms with Crippen LogP contribution in [-0.2, 0) is 12.8 Å². The summed E-state index contributed by atoms with van der Waals surface area (Å²) in [5, 5.41) is 0.842. The number of benzene rings is 1. The van der Waals surface area contributed by atoms with Gasteiger partial charge in [-0.25, -0.2) is 0 Å². The third kappa shape index (κ3) is 2.20. The molecule has 1 aromatic rings. The fourth-order valence-corrected chi connectivity index (χ4v) is 2.39. The topological polar surface area (TPSA) is 26.0 Å². The summed E-state index contributed by atoms with van der Waals surface area (Å²) in [6.45, 7) is 4.23. The Morgan fingerprint density at radius 2 is 1.86 bits per heavy atom. The molecule has 0 unspecified atom stereocenters. The Bertz CT molecular complexity index is 361. The molecule has 76 valence electrons. The van der Waals surface area contributed by atoms with Crippen molar-refractivity contribution in [2.45, 2.75) is 26.7 Å². The first kappa shape index (κ1) is 11.8. The van der Waals surface area contributed by atoms with Gasteiger partial charge in [0, 0.05) is 0 Å². The van der Waals surface area contributed by atoms with Crippen molar-refractivity contribution in [1.82, 2.24) is 0 Å². The van der Waals surface area contributed by atoms with Crippen LogP contribution in [0.1, 0.15) is 30.5 Å². The van der Waals surface area contributed by atoms with E-state index in [1.54, 1.807) is 0 Å². The zero-order valence-corrected chi connectivity index (χ0v) is 10.9. The molecule has 0 spiro atoms. The van der Waals surface area contributed by atoms with Gasteiger partial charge >= 0.3 is 98.0 Å². The Morgan fingerprint density at radius 1 is 1.29 bits per heavy atom. The number of hydrogen-bond donors (Lipinski definition) is 1. The number of halogens is 1. The van der Waals surface area contributed by atoms with Crippen molar-refractivity contribution in [3.05, 3.63) is 33.8 Å². The van der Waals surface area contributed by atoms with E-state index in [9.17, 15) is 0 Å². The first-order valence-corrected chi connectivity index (χ1v) is 5.95. The molecule has 0 fully saturated rings. The molecule has 0 aliphatic rings. The number of rotatable bonds is 3. The molecule has 0 saturated heterocycles. The van der Waals surface area contributed by atoms with E-state index in [1.165, 1.54) is 11.1 Å². The molecule has 0 radical (unpaired) electrons. The van der Waals surface area contributed by atoms with Crippen LogP contribution >= 0.6 is 11.6 Å². The first-order chi connectivity index (χ1) is 6.61. The Balaban J connectivity index is 3.40. The van der Waals surface area contributed by atoms with Crippen LogP contribution in [0.2, 0.25) is 5.02 Å². The van der Waals surface area contributed by atoms with Crippen molar-refractivity contribution >= 4 is 31.7 Å². The van der Waals surface area contributed by atoms with Gasteiger partial charge in [0.15, 0.2) is 0 Å². The minimum absolute atomic E-state index is 0.744. The van der Waals surface area contributed by atoms with Crippen LogP contribution in [0.3, 0.4) is 0 Å². The monoisotopic (exact) mass is 275 g/mol. The molecule has 0 aliphatic heterocycles. The molecular formula is C11H14ClNSe. The normalized spacial score (nSPS) is 10.2. The second kappa shape index (κ2) is 4.97. The summed E-state index contributed by atoms with van der Waals surface area (Å²) in [7, 11) is 0. The molecule has 0 aromatic heterocycles. The van der Waals surface area contributed by atoms with Crippen molar-refractivity contribution in [1.29, 1.82) is 0 Å². The Kier molecular flexibility index (Phi) is 4.18. The van der Waals surface area contributed by atoms with Gasteiger partial charge in [0.1, 0.15) is 0 Å². The van der Waals surface area contributed by atoms with E-state index in [4.69, 9.17) is 17.3 Å². The van der Waals surface area contributed by atoms with Gasteiger partial charge in [-0.15, -0.1) is 0 Å². The van der Waals surface area contributed by atoms with E-state index >= 15 is 0 Å². The Morgan fingerprint density at radius 3 is 2.29 bits per heavy atom. The quantitative estimate of drug-likeness (QED) is 0.839. The van der Waals surface area contributed by atoms with Crippen LogP contribution in [-0.4, -0.2) is 20.1 Å². The average Bonchev–Trinajstić information content (AvgIpc) is 2.16. The molecule has 1 rings (SSSR count). The summed E-state index contributed by atoms with van der Waals surface area (Å²) in [5.41, 5.74) is 9.35. The predicted octanol–water partition coefficient (Wildman–Crippen LogP) is 2.07.